The van der Waals surface area contributed by atoms with Gasteiger partial charge in [-0.05, 0) is 18.6 Å². The number of hydrogen-bond donors (Lipinski definition) is 0. The topological polar surface area (TPSA) is 51.0 Å². The van der Waals surface area contributed by atoms with Crippen LogP contribution in [0.15, 0.2) is 24.3 Å². The van der Waals surface area contributed by atoms with E-state index in [1.165, 1.54) is 4.68 Å². The molecule has 0 saturated carbocycles. The molecule has 0 aliphatic heterocycles. The number of carbonyl (C=O) groups is 1. The van der Waals surface area contributed by atoms with Gasteiger partial charge in [-0.3, -0.25) is 4.79 Å². The van der Waals surface area contributed by atoms with Crippen molar-refractivity contribution in [2.75, 3.05) is 13.1 Å². The van der Waals surface area contributed by atoms with Gasteiger partial charge in [0.25, 0.3) is 0 Å². The minimum atomic E-state index is -4.41. The summed E-state index contributed by atoms with van der Waals surface area (Å²) in [5.74, 6) is -0.621. The Morgan fingerprint density at radius 1 is 1.33 bits per heavy atom. The molecule has 0 spiro atoms. The lowest BCUT2D eigenvalue weighted by Gasteiger charge is -2.23. The minimum Gasteiger partial charge on any atom is -0.332 e. The van der Waals surface area contributed by atoms with Crippen LogP contribution in [-0.4, -0.2) is 45.1 Å². The molecule has 0 saturated heterocycles. The van der Waals surface area contributed by atoms with Crippen LogP contribution in [0.5, 0.6) is 0 Å². The van der Waals surface area contributed by atoms with Gasteiger partial charge in [-0.25, -0.2) is 4.68 Å². The van der Waals surface area contributed by atoms with E-state index in [4.69, 9.17) is 0 Å². The van der Waals surface area contributed by atoms with Gasteiger partial charge in [0.1, 0.15) is 18.6 Å². The Hall–Kier alpha value is -2.12. The third kappa shape index (κ3) is 3.93. The Morgan fingerprint density at radius 2 is 2.05 bits per heavy atom. The standard InChI is InChI=1S/C13H15F3N4O/c1-2-7-19(9-13(14,15)16)12(21)8-20-11-6-4-3-5-10(11)17-18-20/h3-6H,2,7-9H2,1H3. The highest BCUT2D eigenvalue weighted by molar-refractivity contribution is 5.79. The number of halogens is 3. The number of rotatable bonds is 5. The third-order valence-electron chi connectivity index (χ3n) is 2.92. The summed E-state index contributed by atoms with van der Waals surface area (Å²) in [6.45, 7) is 0.287. The molecule has 21 heavy (non-hydrogen) atoms. The summed E-state index contributed by atoms with van der Waals surface area (Å²) in [5, 5.41) is 7.68. The van der Waals surface area contributed by atoms with Gasteiger partial charge >= 0.3 is 6.18 Å². The monoisotopic (exact) mass is 300 g/mol. The molecular weight excluding hydrogens is 285 g/mol. The highest BCUT2D eigenvalue weighted by Crippen LogP contribution is 2.17. The summed E-state index contributed by atoms with van der Waals surface area (Å²) in [7, 11) is 0. The molecule has 1 heterocycles. The van der Waals surface area contributed by atoms with Crippen LogP contribution in [0.2, 0.25) is 0 Å². The van der Waals surface area contributed by atoms with Crippen LogP contribution in [0.25, 0.3) is 11.0 Å². The van der Waals surface area contributed by atoms with E-state index in [2.05, 4.69) is 10.3 Å². The van der Waals surface area contributed by atoms with Gasteiger partial charge in [-0.1, -0.05) is 24.3 Å². The summed E-state index contributed by atoms with van der Waals surface area (Å²) >= 11 is 0. The molecule has 0 fully saturated rings. The van der Waals surface area contributed by atoms with Crippen molar-refractivity contribution in [3.8, 4) is 0 Å². The summed E-state index contributed by atoms with van der Waals surface area (Å²) in [6, 6.07) is 6.97. The molecule has 8 heteroatoms. The second kappa shape index (κ2) is 6.11. The number of hydrogen-bond acceptors (Lipinski definition) is 3. The first-order chi connectivity index (χ1) is 9.90. The second-order valence-corrected chi connectivity index (χ2v) is 4.67. The van der Waals surface area contributed by atoms with Crippen molar-refractivity contribution in [3.05, 3.63) is 24.3 Å². The van der Waals surface area contributed by atoms with E-state index in [0.717, 1.165) is 4.90 Å². The molecule has 5 nitrogen and oxygen atoms in total. The average Bonchev–Trinajstić information content (AvgIpc) is 2.80. The van der Waals surface area contributed by atoms with Gasteiger partial charge in [-0.15, -0.1) is 5.10 Å². The van der Waals surface area contributed by atoms with Crippen molar-refractivity contribution in [1.82, 2.24) is 19.9 Å². The largest absolute Gasteiger partial charge is 0.406 e. The third-order valence-corrected chi connectivity index (χ3v) is 2.92. The number of amides is 1. The first kappa shape index (κ1) is 15.3. The maximum Gasteiger partial charge on any atom is 0.406 e. The van der Waals surface area contributed by atoms with E-state index in [0.29, 0.717) is 17.5 Å². The number of alkyl halides is 3. The number of fused-ring (bicyclic) bond motifs is 1. The number of para-hydroxylation sites is 1. The molecule has 0 aliphatic carbocycles. The molecule has 1 aromatic carbocycles. The van der Waals surface area contributed by atoms with Gasteiger partial charge in [0, 0.05) is 6.54 Å². The predicted octanol–water partition coefficient (Wildman–Crippen LogP) is 2.23. The normalized spacial score (nSPS) is 11.8. The number of benzene rings is 1. The Kier molecular flexibility index (Phi) is 4.44. The molecule has 0 atom stereocenters. The van der Waals surface area contributed by atoms with E-state index in [1.54, 1.807) is 31.2 Å². The fourth-order valence-corrected chi connectivity index (χ4v) is 2.04. The van der Waals surface area contributed by atoms with Gasteiger partial charge in [0.2, 0.25) is 5.91 Å². The van der Waals surface area contributed by atoms with Crippen LogP contribution < -0.4 is 0 Å². The molecule has 0 unspecified atom stereocenters. The molecule has 0 radical (unpaired) electrons. The molecule has 0 aliphatic rings. The lowest BCUT2D eigenvalue weighted by molar-refractivity contribution is -0.161. The van der Waals surface area contributed by atoms with Gasteiger partial charge in [0.15, 0.2) is 0 Å². The average molecular weight is 300 g/mol. The van der Waals surface area contributed by atoms with Gasteiger partial charge in [0.05, 0.1) is 5.52 Å². The molecule has 0 bridgehead atoms. The second-order valence-electron chi connectivity index (χ2n) is 4.67. The van der Waals surface area contributed by atoms with Crippen molar-refractivity contribution in [1.29, 1.82) is 0 Å². The van der Waals surface area contributed by atoms with Gasteiger partial charge < -0.3 is 4.90 Å². The van der Waals surface area contributed by atoms with Crippen LogP contribution in [0.4, 0.5) is 13.2 Å². The zero-order chi connectivity index (χ0) is 15.5. The summed E-state index contributed by atoms with van der Waals surface area (Å²) in [5.41, 5.74) is 1.22. The van der Waals surface area contributed by atoms with Gasteiger partial charge in [-0.2, -0.15) is 13.2 Å². The Bertz CT molecular complexity index is 623. The molecule has 2 aromatic rings. The summed E-state index contributed by atoms with van der Waals surface area (Å²) in [6.07, 6.45) is -3.95. The Balaban J connectivity index is 2.14. The number of aromatic nitrogens is 3. The molecule has 2 rings (SSSR count). The SMILES string of the molecule is CCCN(CC(F)(F)F)C(=O)Cn1nnc2ccccc21. The maximum atomic E-state index is 12.5. The van der Waals surface area contributed by atoms with Crippen molar-refractivity contribution in [2.45, 2.75) is 26.1 Å². The molecule has 1 aromatic heterocycles. The van der Waals surface area contributed by atoms with Crippen molar-refractivity contribution in [2.24, 2.45) is 0 Å². The van der Waals surface area contributed by atoms with Crippen molar-refractivity contribution >= 4 is 16.9 Å². The number of carbonyl (C=O) groups excluding carboxylic acids is 1. The molecular formula is C13H15F3N4O. The highest BCUT2D eigenvalue weighted by Gasteiger charge is 2.32. The van der Waals surface area contributed by atoms with E-state index >= 15 is 0 Å². The first-order valence-corrected chi connectivity index (χ1v) is 6.53. The quantitative estimate of drug-likeness (QED) is 0.851. The van der Waals surface area contributed by atoms with E-state index < -0.39 is 18.6 Å². The smallest absolute Gasteiger partial charge is 0.332 e. The van der Waals surface area contributed by atoms with Crippen LogP contribution in [0, 0.1) is 0 Å². The van der Waals surface area contributed by atoms with E-state index in [9.17, 15) is 18.0 Å². The van der Waals surface area contributed by atoms with Crippen LogP contribution in [0.3, 0.4) is 0 Å². The summed E-state index contributed by atoms with van der Waals surface area (Å²) in [4.78, 5) is 12.9. The van der Waals surface area contributed by atoms with E-state index in [1.807, 2.05) is 0 Å². The predicted molar refractivity (Wildman–Crippen MR) is 70.5 cm³/mol. The fraction of sp³-hybridized carbons (Fsp3) is 0.462. The Morgan fingerprint density at radius 3 is 2.71 bits per heavy atom. The maximum absolute atomic E-state index is 12.5. The van der Waals surface area contributed by atoms with Crippen molar-refractivity contribution < 1.29 is 18.0 Å². The van der Waals surface area contributed by atoms with Crippen LogP contribution >= 0.6 is 0 Å². The van der Waals surface area contributed by atoms with Crippen molar-refractivity contribution in [3.63, 3.8) is 0 Å². The number of nitrogens with zero attached hydrogens (tertiary/aromatic N) is 4. The highest BCUT2D eigenvalue weighted by atomic mass is 19.4. The molecule has 114 valence electrons. The van der Waals surface area contributed by atoms with Crippen LogP contribution in [0.1, 0.15) is 13.3 Å². The summed E-state index contributed by atoms with van der Waals surface area (Å²) < 4.78 is 38.8. The molecule has 0 N–H and O–H groups in total. The first-order valence-electron chi connectivity index (χ1n) is 6.53. The zero-order valence-electron chi connectivity index (χ0n) is 11.5. The fourth-order valence-electron chi connectivity index (χ4n) is 2.04. The molecule has 1 amide bonds. The lowest BCUT2D eigenvalue weighted by atomic mass is 10.3. The lowest BCUT2D eigenvalue weighted by Crippen LogP contribution is -2.41. The van der Waals surface area contributed by atoms with Crippen LogP contribution in [-0.2, 0) is 11.3 Å². The minimum absolute atomic E-state index is 0.0605. The van der Waals surface area contributed by atoms with E-state index in [-0.39, 0.29) is 13.1 Å². The Labute approximate surface area is 119 Å². The zero-order valence-corrected chi connectivity index (χ0v) is 11.5.